The van der Waals surface area contributed by atoms with E-state index in [0.717, 1.165) is 18.4 Å². The van der Waals surface area contributed by atoms with E-state index in [1.165, 1.54) is 18.9 Å². The zero-order valence-corrected chi connectivity index (χ0v) is 17.6. The van der Waals surface area contributed by atoms with Gasteiger partial charge in [-0.05, 0) is 64.0 Å². The number of hydrogen-bond acceptors (Lipinski definition) is 4. The van der Waals surface area contributed by atoms with Crippen LogP contribution in [0.1, 0.15) is 76.8 Å². The molecule has 1 saturated carbocycles. The van der Waals surface area contributed by atoms with E-state index in [1.807, 2.05) is 26.8 Å². The minimum atomic E-state index is -0.510. The van der Waals surface area contributed by atoms with Crippen molar-refractivity contribution in [1.82, 2.24) is 14.5 Å². The SMILES string of the molecule is CC(C)(C)OC(=O)N1CCC(c2cc3c(cc2F)nc(N)n3C2CCCC2)CC1. The molecular formula is C22H31FN4O2. The molecule has 1 aromatic carbocycles. The maximum absolute atomic E-state index is 14.9. The van der Waals surface area contributed by atoms with Crippen molar-refractivity contribution in [3.8, 4) is 0 Å². The highest BCUT2D eigenvalue weighted by atomic mass is 19.1. The summed E-state index contributed by atoms with van der Waals surface area (Å²) in [5.74, 6) is 0.318. The van der Waals surface area contributed by atoms with E-state index in [-0.39, 0.29) is 17.8 Å². The molecule has 7 heteroatoms. The van der Waals surface area contributed by atoms with Gasteiger partial charge in [0.1, 0.15) is 11.4 Å². The topological polar surface area (TPSA) is 73.4 Å². The van der Waals surface area contributed by atoms with E-state index in [1.54, 1.807) is 4.90 Å². The van der Waals surface area contributed by atoms with Gasteiger partial charge in [-0.1, -0.05) is 12.8 Å². The Morgan fingerprint density at radius 3 is 2.45 bits per heavy atom. The summed E-state index contributed by atoms with van der Waals surface area (Å²) in [5, 5.41) is 0. The highest BCUT2D eigenvalue weighted by Crippen LogP contribution is 2.37. The van der Waals surface area contributed by atoms with Crippen LogP contribution in [0.15, 0.2) is 12.1 Å². The summed E-state index contributed by atoms with van der Waals surface area (Å²) in [5.41, 5.74) is 7.94. The summed E-state index contributed by atoms with van der Waals surface area (Å²) in [6.07, 6.45) is 5.72. The molecule has 29 heavy (non-hydrogen) atoms. The van der Waals surface area contributed by atoms with Crippen molar-refractivity contribution in [3.05, 3.63) is 23.5 Å². The van der Waals surface area contributed by atoms with Gasteiger partial charge in [-0.3, -0.25) is 0 Å². The molecule has 1 amide bonds. The average molecular weight is 403 g/mol. The molecule has 2 N–H and O–H groups in total. The maximum Gasteiger partial charge on any atom is 0.410 e. The Morgan fingerprint density at radius 1 is 1.17 bits per heavy atom. The van der Waals surface area contributed by atoms with Crippen molar-refractivity contribution < 1.29 is 13.9 Å². The summed E-state index contributed by atoms with van der Waals surface area (Å²) >= 11 is 0. The number of fused-ring (bicyclic) bond motifs is 1. The Bertz CT molecular complexity index is 904. The number of imidazole rings is 1. The predicted molar refractivity (Wildman–Crippen MR) is 111 cm³/mol. The number of likely N-dealkylation sites (tertiary alicyclic amines) is 1. The summed E-state index contributed by atoms with van der Waals surface area (Å²) in [4.78, 5) is 18.4. The lowest BCUT2D eigenvalue weighted by atomic mass is 9.89. The number of anilines is 1. The Kier molecular flexibility index (Phi) is 5.17. The maximum atomic E-state index is 14.9. The third-order valence-electron chi connectivity index (χ3n) is 6.11. The summed E-state index contributed by atoms with van der Waals surface area (Å²) < 4.78 is 22.5. The monoisotopic (exact) mass is 402 g/mol. The standard InChI is InChI=1S/C22H31FN4O2/c1-22(2,3)29-21(28)26-10-8-14(9-11-26)16-12-19-18(13-17(16)23)25-20(24)27(19)15-6-4-5-7-15/h12-15H,4-11H2,1-3H3,(H2,24,25). The third-order valence-corrected chi connectivity index (χ3v) is 6.11. The average Bonchev–Trinajstić information content (AvgIpc) is 3.26. The summed E-state index contributed by atoms with van der Waals surface area (Å²) in [7, 11) is 0. The van der Waals surface area contributed by atoms with Gasteiger partial charge in [0.2, 0.25) is 5.95 Å². The molecule has 2 fully saturated rings. The molecule has 1 saturated heterocycles. The number of nitrogens with zero attached hydrogens (tertiary/aromatic N) is 3. The van der Waals surface area contributed by atoms with Crippen LogP contribution in [0.25, 0.3) is 11.0 Å². The van der Waals surface area contributed by atoms with Gasteiger partial charge in [-0.15, -0.1) is 0 Å². The van der Waals surface area contributed by atoms with E-state index in [9.17, 15) is 9.18 Å². The van der Waals surface area contributed by atoms with Crippen LogP contribution >= 0.6 is 0 Å². The van der Waals surface area contributed by atoms with Crippen LogP contribution in [0, 0.1) is 5.82 Å². The molecule has 2 aliphatic rings. The number of benzene rings is 1. The molecule has 0 unspecified atom stereocenters. The number of ether oxygens (including phenoxy) is 1. The van der Waals surface area contributed by atoms with Crippen LogP contribution in [-0.2, 0) is 4.74 Å². The smallest absolute Gasteiger partial charge is 0.410 e. The molecule has 1 aliphatic heterocycles. The zero-order chi connectivity index (χ0) is 20.8. The van der Waals surface area contributed by atoms with E-state index in [2.05, 4.69) is 9.55 Å². The molecule has 4 rings (SSSR count). The molecule has 1 aromatic heterocycles. The number of rotatable bonds is 2. The number of aromatic nitrogens is 2. The van der Waals surface area contributed by atoms with E-state index in [4.69, 9.17) is 10.5 Å². The van der Waals surface area contributed by atoms with E-state index >= 15 is 0 Å². The lowest BCUT2D eigenvalue weighted by molar-refractivity contribution is 0.0204. The number of piperidine rings is 1. The van der Waals surface area contributed by atoms with Gasteiger partial charge in [0.25, 0.3) is 0 Å². The predicted octanol–water partition coefficient (Wildman–Crippen LogP) is 4.99. The largest absolute Gasteiger partial charge is 0.444 e. The number of nitrogen functional groups attached to an aromatic ring is 1. The lowest BCUT2D eigenvalue weighted by Crippen LogP contribution is -2.41. The first kappa shape index (κ1) is 20.0. The van der Waals surface area contributed by atoms with Gasteiger partial charge in [0.05, 0.1) is 11.0 Å². The van der Waals surface area contributed by atoms with Gasteiger partial charge in [0.15, 0.2) is 0 Å². The molecule has 0 atom stereocenters. The summed E-state index contributed by atoms with van der Waals surface area (Å²) in [6, 6.07) is 3.82. The first-order valence-electron chi connectivity index (χ1n) is 10.7. The van der Waals surface area contributed by atoms with Gasteiger partial charge >= 0.3 is 6.09 Å². The van der Waals surface area contributed by atoms with Crippen LogP contribution in [0.5, 0.6) is 0 Å². The van der Waals surface area contributed by atoms with Crippen molar-refractivity contribution >= 4 is 23.1 Å². The molecule has 0 radical (unpaired) electrons. The Morgan fingerprint density at radius 2 is 1.83 bits per heavy atom. The molecule has 0 spiro atoms. The minimum absolute atomic E-state index is 0.0752. The molecule has 2 aromatic rings. The Labute approximate surface area is 171 Å². The van der Waals surface area contributed by atoms with E-state index < -0.39 is 5.60 Å². The van der Waals surface area contributed by atoms with Crippen LogP contribution < -0.4 is 5.73 Å². The molecule has 6 nitrogen and oxygen atoms in total. The molecule has 158 valence electrons. The number of hydrogen-bond donors (Lipinski definition) is 1. The van der Waals surface area contributed by atoms with Gasteiger partial charge in [0, 0.05) is 25.2 Å². The number of amides is 1. The molecule has 2 heterocycles. The number of halogens is 1. The zero-order valence-electron chi connectivity index (χ0n) is 17.6. The van der Waals surface area contributed by atoms with Crippen molar-refractivity contribution in [2.45, 2.75) is 76.9 Å². The molecule has 1 aliphatic carbocycles. The van der Waals surface area contributed by atoms with Crippen LogP contribution in [0.2, 0.25) is 0 Å². The molecular weight excluding hydrogens is 371 g/mol. The van der Waals surface area contributed by atoms with Gasteiger partial charge < -0.3 is 19.9 Å². The fraction of sp³-hybridized carbons (Fsp3) is 0.636. The van der Waals surface area contributed by atoms with Crippen molar-refractivity contribution in [2.75, 3.05) is 18.8 Å². The Hall–Kier alpha value is -2.31. The second-order valence-corrected chi connectivity index (χ2v) is 9.38. The van der Waals surface area contributed by atoms with Gasteiger partial charge in [-0.25, -0.2) is 14.2 Å². The molecule has 0 bridgehead atoms. The highest BCUT2D eigenvalue weighted by molar-refractivity contribution is 5.80. The summed E-state index contributed by atoms with van der Waals surface area (Å²) in [6.45, 7) is 6.73. The number of carbonyl (C=O) groups excluding carboxylic acids is 1. The minimum Gasteiger partial charge on any atom is -0.444 e. The van der Waals surface area contributed by atoms with Crippen molar-refractivity contribution in [2.24, 2.45) is 0 Å². The Balaban J connectivity index is 1.55. The fourth-order valence-electron chi connectivity index (χ4n) is 4.71. The second kappa shape index (κ2) is 7.50. The van der Waals surface area contributed by atoms with E-state index in [0.29, 0.717) is 49.0 Å². The van der Waals surface area contributed by atoms with Crippen molar-refractivity contribution in [3.63, 3.8) is 0 Å². The fourth-order valence-corrected chi connectivity index (χ4v) is 4.71. The van der Waals surface area contributed by atoms with Crippen LogP contribution in [-0.4, -0.2) is 39.2 Å². The van der Waals surface area contributed by atoms with Crippen LogP contribution in [0.4, 0.5) is 15.1 Å². The second-order valence-electron chi connectivity index (χ2n) is 9.38. The number of nitrogens with two attached hydrogens (primary N) is 1. The first-order chi connectivity index (χ1) is 13.7. The highest BCUT2D eigenvalue weighted by Gasteiger charge is 2.30. The lowest BCUT2D eigenvalue weighted by Gasteiger charge is -2.33. The van der Waals surface area contributed by atoms with Crippen molar-refractivity contribution in [1.29, 1.82) is 0 Å². The third kappa shape index (κ3) is 4.05. The quantitative estimate of drug-likeness (QED) is 0.768. The van der Waals surface area contributed by atoms with Gasteiger partial charge in [-0.2, -0.15) is 0 Å². The normalized spacial score (nSPS) is 19.2. The number of carbonyl (C=O) groups is 1. The van der Waals surface area contributed by atoms with Crippen LogP contribution in [0.3, 0.4) is 0 Å². The first-order valence-corrected chi connectivity index (χ1v) is 10.7.